The van der Waals surface area contributed by atoms with Crippen LogP contribution in [-0.2, 0) is 16.6 Å². The van der Waals surface area contributed by atoms with Crippen molar-refractivity contribution in [3.63, 3.8) is 0 Å². The van der Waals surface area contributed by atoms with Crippen molar-refractivity contribution in [1.82, 2.24) is 19.3 Å². The van der Waals surface area contributed by atoms with Crippen molar-refractivity contribution in [2.24, 2.45) is 0 Å². The zero-order valence-electron chi connectivity index (χ0n) is 13.9. The van der Waals surface area contributed by atoms with Gasteiger partial charge < -0.3 is 5.32 Å². The third-order valence-electron chi connectivity index (χ3n) is 3.58. The van der Waals surface area contributed by atoms with E-state index in [0.29, 0.717) is 3.97 Å². The summed E-state index contributed by atoms with van der Waals surface area (Å²) in [6, 6.07) is 5.75. The highest BCUT2D eigenvalue weighted by molar-refractivity contribution is 7.90. The molecule has 0 amide bonds. The van der Waals surface area contributed by atoms with Crippen molar-refractivity contribution in [3.8, 4) is 11.3 Å². The second-order valence-corrected chi connectivity index (χ2v) is 7.05. The van der Waals surface area contributed by atoms with Crippen molar-refractivity contribution >= 4 is 22.4 Å². The number of pyridine rings is 2. The first kappa shape index (κ1) is 20.9. The van der Waals surface area contributed by atoms with Gasteiger partial charge in [0.1, 0.15) is 5.69 Å². The van der Waals surface area contributed by atoms with Gasteiger partial charge in [0, 0.05) is 24.5 Å². The summed E-state index contributed by atoms with van der Waals surface area (Å²) in [6.07, 6.45) is 2.16. The Bertz CT molecular complexity index is 1070. The van der Waals surface area contributed by atoms with Crippen LogP contribution in [0.3, 0.4) is 0 Å². The van der Waals surface area contributed by atoms with E-state index in [9.17, 15) is 21.6 Å². The summed E-state index contributed by atoms with van der Waals surface area (Å²) in [5.74, 6) is -2.97. The van der Waals surface area contributed by atoms with Crippen LogP contribution >= 0.6 is 12.4 Å². The molecule has 6 nitrogen and oxygen atoms in total. The summed E-state index contributed by atoms with van der Waals surface area (Å²) in [5, 5.41) is 2.07. The summed E-state index contributed by atoms with van der Waals surface area (Å²) < 4.78 is 68.6. The molecule has 3 heterocycles. The van der Waals surface area contributed by atoms with E-state index < -0.39 is 38.5 Å². The van der Waals surface area contributed by atoms with E-state index in [1.807, 2.05) is 0 Å². The van der Waals surface area contributed by atoms with Crippen molar-refractivity contribution in [2.45, 2.75) is 11.6 Å². The summed E-state index contributed by atoms with van der Waals surface area (Å²) in [5.41, 5.74) is -0.884. The molecular weight excluding hydrogens is 405 g/mol. The van der Waals surface area contributed by atoms with E-state index in [1.165, 1.54) is 12.1 Å². The fraction of sp³-hybridized carbons (Fsp3) is 0.125. The van der Waals surface area contributed by atoms with Gasteiger partial charge in [-0.25, -0.2) is 18.3 Å². The van der Waals surface area contributed by atoms with Gasteiger partial charge in [-0.15, -0.1) is 12.4 Å². The molecule has 3 aromatic heterocycles. The van der Waals surface area contributed by atoms with Gasteiger partial charge in [0.15, 0.2) is 10.8 Å². The quantitative estimate of drug-likeness (QED) is 0.645. The van der Waals surface area contributed by atoms with Gasteiger partial charge in [-0.05, 0) is 31.3 Å². The lowest BCUT2D eigenvalue weighted by atomic mass is 10.2. The Morgan fingerprint density at radius 1 is 1.15 bits per heavy atom. The van der Waals surface area contributed by atoms with Crippen molar-refractivity contribution in [2.75, 3.05) is 7.05 Å². The molecule has 27 heavy (non-hydrogen) atoms. The number of nitrogens with one attached hydrogen (secondary N) is 1. The van der Waals surface area contributed by atoms with Gasteiger partial charge in [-0.2, -0.15) is 17.2 Å². The van der Waals surface area contributed by atoms with Gasteiger partial charge in [0.25, 0.3) is 10.0 Å². The van der Waals surface area contributed by atoms with Gasteiger partial charge in [0.05, 0.1) is 5.56 Å². The van der Waals surface area contributed by atoms with Crippen molar-refractivity contribution < 1.29 is 21.6 Å². The highest BCUT2D eigenvalue weighted by Crippen LogP contribution is 2.31. The van der Waals surface area contributed by atoms with Crippen LogP contribution in [0.15, 0.2) is 47.8 Å². The topological polar surface area (TPSA) is 76.9 Å². The van der Waals surface area contributed by atoms with E-state index in [2.05, 4.69) is 15.3 Å². The first-order valence-electron chi connectivity index (χ1n) is 7.39. The Morgan fingerprint density at radius 3 is 2.52 bits per heavy atom. The van der Waals surface area contributed by atoms with E-state index in [4.69, 9.17) is 0 Å². The lowest BCUT2D eigenvalue weighted by Gasteiger charge is -2.10. The van der Waals surface area contributed by atoms with Crippen LogP contribution in [0.1, 0.15) is 5.56 Å². The fourth-order valence-corrected chi connectivity index (χ4v) is 3.79. The van der Waals surface area contributed by atoms with Crippen LogP contribution in [0.25, 0.3) is 11.3 Å². The van der Waals surface area contributed by atoms with Crippen LogP contribution in [0.5, 0.6) is 0 Å². The number of hydrogen-bond acceptors (Lipinski definition) is 5. The molecule has 0 radical (unpaired) electrons. The fourth-order valence-electron chi connectivity index (χ4n) is 2.45. The molecule has 0 fully saturated rings. The molecular formula is C16H14ClF3N4O2S. The summed E-state index contributed by atoms with van der Waals surface area (Å²) in [7, 11) is -2.93. The first-order valence-corrected chi connectivity index (χ1v) is 8.83. The Morgan fingerprint density at radius 2 is 1.89 bits per heavy atom. The van der Waals surface area contributed by atoms with Crippen LogP contribution in [0.4, 0.5) is 13.2 Å². The highest BCUT2D eigenvalue weighted by Gasteiger charge is 2.29. The third kappa shape index (κ3) is 3.82. The molecule has 0 atom stereocenters. The molecule has 1 N–H and O–H groups in total. The maximum absolute atomic E-state index is 14.9. The van der Waals surface area contributed by atoms with Gasteiger partial charge in [-0.3, -0.25) is 0 Å². The van der Waals surface area contributed by atoms with Crippen LogP contribution < -0.4 is 5.32 Å². The largest absolute Gasteiger partial charge is 0.316 e. The molecule has 0 spiro atoms. The molecule has 11 heteroatoms. The second kappa shape index (κ2) is 8.07. The maximum Gasteiger partial charge on any atom is 0.285 e. The molecule has 0 aliphatic heterocycles. The number of nitrogens with zero attached hydrogens (tertiary/aromatic N) is 3. The molecule has 0 bridgehead atoms. The molecule has 3 rings (SSSR count). The average molecular weight is 419 g/mol. The summed E-state index contributed by atoms with van der Waals surface area (Å²) in [4.78, 5) is 6.77. The van der Waals surface area contributed by atoms with Gasteiger partial charge in [-0.1, -0.05) is 6.07 Å². The molecule has 0 aromatic carbocycles. The minimum Gasteiger partial charge on any atom is -0.316 e. The Hall–Kier alpha value is -2.43. The monoisotopic (exact) mass is 418 g/mol. The Kier molecular flexibility index (Phi) is 6.24. The second-order valence-electron chi connectivity index (χ2n) is 5.29. The number of rotatable bonds is 5. The summed E-state index contributed by atoms with van der Waals surface area (Å²) >= 11 is 0. The smallest absolute Gasteiger partial charge is 0.285 e. The summed E-state index contributed by atoms with van der Waals surface area (Å²) in [6.45, 7) is -0.000185. The minimum atomic E-state index is -4.47. The number of aromatic nitrogens is 3. The zero-order valence-corrected chi connectivity index (χ0v) is 15.5. The van der Waals surface area contributed by atoms with Crippen molar-refractivity contribution in [3.05, 3.63) is 66.0 Å². The maximum atomic E-state index is 14.9. The standard InChI is InChI=1S/C16H13F3N4O2S.ClH/c1-20-8-10-9-23(26(24,25)13-6-2-5-12(17)22-13)15(14(10)18)11-4-3-7-21-16(11)19;/h2-7,9,20H,8H2,1H3;1H. The van der Waals surface area contributed by atoms with E-state index >= 15 is 0 Å². The lowest BCUT2D eigenvalue weighted by Crippen LogP contribution is -2.16. The SMILES string of the molecule is CNCc1cn(S(=O)(=O)c2cccc(F)n2)c(-c2cccnc2F)c1F.Cl. The Balaban J connectivity index is 0.00000261. The normalized spacial score (nSPS) is 11.3. The van der Waals surface area contributed by atoms with Crippen LogP contribution in [-0.4, -0.2) is 29.4 Å². The number of halogens is 4. The van der Waals surface area contributed by atoms with Crippen LogP contribution in [0.2, 0.25) is 0 Å². The molecule has 0 saturated heterocycles. The third-order valence-corrected chi connectivity index (χ3v) is 5.14. The van der Waals surface area contributed by atoms with Crippen molar-refractivity contribution in [1.29, 1.82) is 0 Å². The van der Waals surface area contributed by atoms with Crippen LogP contribution in [0, 0.1) is 17.7 Å². The van der Waals surface area contributed by atoms with E-state index in [-0.39, 0.29) is 30.1 Å². The van der Waals surface area contributed by atoms with Gasteiger partial charge >= 0.3 is 0 Å². The molecule has 0 aliphatic rings. The number of hydrogen-bond donors (Lipinski definition) is 1. The van der Waals surface area contributed by atoms with Gasteiger partial charge in [0.2, 0.25) is 11.9 Å². The molecule has 0 saturated carbocycles. The molecule has 0 aliphatic carbocycles. The van der Waals surface area contributed by atoms with E-state index in [0.717, 1.165) is 30.6 Å². The minimum absolute atomic E-state index is 0. The lowest BCUT2D eigenvalue weighted by molar-refractivity contribution is 0.552. The Labute approximate surface area is 159 Å². The highest BCUT2D eigenvalue weighted by atomic mass is 35.5. The average Bonchev–Trinajstić information content (AvgIpc) is 2.93. The molecule has 0 unspecified atom stereocenters. The molecule has 144 valence electrons. The molecule has 3 aromatic rings. The zero-order chi connectivity index (χ0) is 18.9. The first-order chi connectivity index (χ1) is 12.4. The predicted molar refractivity (Wildman–Crippen MR) is 94.4 cm³/mol. The predicted octanol–water partition coefficient (Wildman–Crippen LogP) is 2.74. The van der Waals surface area contributed by atoms with E-state index in [1.54, 1.807) is 7.05 Å².